The van der Waals surface area contributed by atoms with E-state index in [-0.39, 0.29) is 0 Å². The molecule has 0 aromatic heterocycles. The smallest absolute Gasteiger partial charge is 0.0663 e. The normalized spacial score (nSPS) is 9.14. The maximum atomic E-state index is 7.96. The predicted molar refractivity (Wildman–Crippen MR) is 32.3 cm³/mol. The Hall–Kier alpha value is -0.420. The zero-order valence-corrected chi connectivity index (χ0v) is 4.74. The molecule has 0 N–H and O–H groups in total. The maximum absolute atomic E-state index is 7.96. The van der Waals surface area contributed by atoms with Gasteiger partial charge in [-0.3, -0.25) is 0 Å². The molecule has 1 radical (unpaired) electrons. The second-order valence-electron chi connectivity index (χ2n) is 0.901. The molecule has 0 saturated heterocycles. The van der Waals surface area contributed by atoms with Crippen molar-refractivity contribution < 1.29 is 0 Å². The molecule has 0 aliphatic rings. The molecule has 37 valence electrons. The molecule has 0 aliphatic heterocycles. The van der Waals surface area contributed by atoms with Crippen LogP contribution in [0, 0.1) is 17.6 Å². The molecule has 0 rings (SSSR count). The van der Waals surface area contributed by atoms with Gasteiger partial charge in [-0.2, -0.15) is 5.26 Å². The lowest BCUT2D eigenvalue weighted by molar-refractivity contribution is 1.36. The highest BCUT2D eigenvalue weighted by molar-refractivity contribution is 8.03. The van der Waals surface area contributed by atoms with Gasteiger partial charge in [-0.1, -0.05) is 6.08 Å². The summed E-state index contributed by atoms with van der Waals surface area (Å²) in [6, 6.07) is 1.97. The van der Waals surface area contributed by atoms with Crippen LogP contribution in [-0.4, -0.2) is 0 Å². The van der Waals surface area contributed by atoms with Gasteiger partial charge in [0.25, 0.3) is 0 Å². The van der Waals surface area contributed by atoms with Crippen molar-refractivity contribution in [3.8, 4) is 6.07 Å². The summed E-state index contributed by atoms with van der Waals surface area (Å²) in [6.45, 7) is 0. The van der Waals surface area contributed by atoms with Crippen LogP contribution in [0.4, 0.5) is 0 Å². The fraction of sp³-hybridized carbons (Fsp3) is 0.200. The van der Waals surface area contributed by atoms with Crippen LogP contribution >= 0.6 is 11.8 Å². The molecule has 0 aliphatic carbocycles. The standard InChI is InChI=1S/C5H6NS/c1-7-5-3-2-4-6/h3,5H,1-2H2. The number of nitrogens with zero attached hydrogens (tertiary/aromatic N) is 1. The van der Waals surface area contributed by atoms with Crippen molar-refractivity contribution in [3.05, 3.63) is 17.7 Å². The van der Waals surface area contributed by atoms with Crippen LogP contribution in [0.5, 0.6) is 0 Å². The molecule has 7 heavy (non-hydrogen) atoms. The molecular weight excluding hydrogens is 106 g/mol. The molecule has 0 amide bonds. The highest BCUT2D eigenvalue weighted by Gasteiger charge is 1.66. The fourth-order valence-electron chi connectivity index (χ4n) is 0.169. The first-order chi connectivity index (χ1) is 3.41. The van der Waals surface area contributed by atoms with Crippen LogP contribution in [0.1, 0.15) is 6.42 Å². The molecule has 1 nitrogen and oxygen atoms in total. The van der Waals surface area contributed by atoms with E-state index in [9.17, 15) is 0 Å². The third kappa shape index (κ3) is 5.58. The third-order valence-electron chi connectivity index (χ3n) is 0.402. The molecule has 0 aromatic rings. The van der Waals surface area contributed by atoms with Gasteiger partial charge < -0.3 is 0 Å². The summed E-state index contributed by atoms with van der Waals surface area (Å²) in [6.07, 6.45) is 5.74. The van der Waals surface area contributed by atoms with Crippen LogP contribution < -0.4 is 0 Å². The minimum Gasteiger partial charge on any atom is -0.198 e. The summed E-state index contributed by atoms with van der Waals surface area (Å²) in [5.41, 5.74) is 0. The van der Waals surface area contributed by atoms with Crippen LogP contribution in [0.3, 0.4) is 0 Å². The van der Waals surface area contributed by atoms with E-state index in [0.717, 1.165) is 0 Å². The lowest BCUT2D eigenvalue weighted by Crippen LogP contribution is -1.50. The zero-order valence-electron chi connectivity index (χ0n) is 3.92. The van der Waals surface area contributed by atoms with Gasteiger partial charge >= 0.3 is 0 Å². The minimum absolute atomic E-state index is 0.489. The molecule has 0 aromatic carbocycles. The van der Waals surface area contributed by atoms with Crippen molar-refractivity contribution in [2.45, 2.75) is 6.42 Å². The number of allylic oxidation sites excluding steroid dienone is 1. The molecule has 0 spiro atoms. The summed E-state index contributed by atoms with van der Waals surface area (Å²) in [5.74, 6) is 0. The van der Waals surface area contributed by atoms with E-state index in [0.29, 0.717) is 6.42 Å². The van der Waals surface area contributed by atoms with Crippen molar-refractivity contribution in [1.29, 1.82) is 5.26 Å². The average Bonchev–Trinajstić information content (AvgIpc) is 1.69. The number of rotatable bonds is 2. The van der Waals surface area contributed by atoms with Crippen LogP contribution in [0.15, 0.2) is 11.5 Å². The second kappa shape index (κ2) is 5.58. The number of thioether (sulfide) groups is 1. The number of nitriles is 1. The van der Waals surface area contributed by atoms with Gasteiger partial charge in [-0.15, -0.1) is 11.8 Å². The second-order valence-corrected chi connectivity index (χ2v) is 1.51. The summed E-state index contributed by atoms with van der Waals surface area (Å²) < 4.78 is 0. The molecule has 0 saturated carbocycles. The van der Waals surface area contributed by atoms with Crippen molar-refractivity contribution in [2.75, 3.05) is 0 Å². The predicted octanol–water partition coefficient (Wildman–Crippen LogP) is 1.94. The van der Waals surface area contributed by atoms with E-state index in [2.05, 4.69) is 6.26 Å². The summed E-state index contributed by atoms with van der Waals surface area (Å²) in [7, 11) is 0. The quantitative estimate of drug-likeness (QED) is 0.545. The Labute approximate surface area is 48.0 Å². The monoisotopic (exact) mass is 112 g/mol. The lowest BCUT2D eigenvalue weighted by Gasteiger charge is -1.71. The van der Waals surface area contributed by atoms with E-state index in [1.54, 1.807) is 11.5 Å². The third-order valence-corrected chi connectivity index (χ3v) is 0.786. The Morgan fingerprint density at radius 2 is 2.57 bits per heavy atom. The van der Waals surface area contributed by atoms with Gasteiger partial charge in [0.15, 0.2) is 0 Å². The Balaban J connectivity index is 2.97. The molecule has 2 heteroatoms. The van der Waals surface area contributed by atoms with Crippen molar-refractivity contribution in [2.24, 2.45) is 0 Å². The van der Waals surface area contributed by atoms with E-state index in [4.69, 9.17) is 5.26 Å². The molecule has 0 bridgehead atoms. The maximum Gasteiger partial charge on any atom is 0.0663 e. The van der Waals surface area contributed by atoms with Crippen LogP contribution in [0.2, 0.25) is 0 Å². The molecular formula is C5H6NS. The first kappa shape index (κ1) is 6.58. The summed E-state index contributed by atoms with van der Waals surface area (Å²) >= 11 is 1.36. The van der Waals surface area contributed by atoms with Crippen LogP contribution in [0.25, 0.3) is 0 Å². The molecule has 0 atom stereocenters. The van der Waals surface area contributed by atoms with E-state index >= 15 is 0 Å². The minimum atomic E-state index is 0.489. The first-order valence-corrected chi connectivity index (χ1v) is 2.89. The number of hydrogen-bond donors (Lipinski definition) is 0. The number of hydrogen-bond acceptors (Lipinski definition) is 2. The summed E-state index contributed by atoms with van der Waals surface area (Å²) in [4.78, 5) is 0. The highest BCUT2D eigenvalue weighted by Crippen LogP contribution is 1.96. The lowest BCUT2D eigenvalue weighted by atomic mass is 10.5. The molecule has 0 fully saturated rings. The molecule has 0 heterocycles. The fourth-order valence-corrected chi connectivity index (χ4v) is 0.401. The topological polar surface area (TPSA) is 23.8 Å². The van der Waals surface area contributed by atoms with Crippen LogP contribution in [-0.2, 0) is 0 Å². The van der Waals surface area contributed by atoms with E-state index < -0.39 is 0 Å². The van der Waals surface area contributed by atoms with E-state index in [1.165, 1.54) is 11.8 Å². The van der Waals surface area contributed by atoms with Gasteiger partial charge in [-0.05, 0) is 5.41 Å². The first-order valence-electron chi connectivity index (χ1n) is 1.84. The molecule has 0 unspecified atom stereocenters. The van der Waals surface area contributed by atoms with Crippen molar-refractivity contribution in [1.82, 2.24) is 0 Å². The SMILES string of the molecule is [CH2]SC=CCC#N. The largest absolute Gasteiger partial charge is 0.198 e. The van der Waals surface area contributed by atoms with E-state index in [1.807, 2.05) is 6.07 Å². The van der Waals surface area contributed by atoms with Gasteiger partial charge in [-0.25, -0.2) is 0 Å². The summed E-state index contributed by atoms with van der Waals surface area (Å²) in [5, 5.41) is 9.76. The van der Waals surface area contributed by atoms with Crippen molar-refractivity contribution >= 4 is 11.8 Å². The average molecular weight is 112 g/mol. The van der Waals surface area contributed by atoms with Gasteiger partial charge in [0, 0.05) is 6.26 Å². The zero-order chi connectivity index (χ0) is 5.54. The van der Waals surface area contributed by atoms with Gasteiger partial charge in [0.05, 0.1) is 12.5 Å². The Morgan fingerprint density at radius 1 is 1.86 bits per heavy atom. The van der Waals surface area contributed by atoms with Crippen molar-refractivity contribution in [3.63, 3.8) is 0 Å². The Kier molecular flexibility index (Phi) is 5.25. The highest BCUT2D eigenvalue weighted by atomic mass is 32.2. The van der Waals surface area contributed by atoms with Gasteiger partial charge in [0.1, 0.15) is 0 Å². The Bertz CT molecular complexity index is 90.7. The Morgan fingerprint density at radius 3 is 3.00 bits per heavy atom. The van der Waals surface area contributed by atoms with Gasteiger partial charge in [0.2, 0.25) is 0 Å².